The average Bonchev–Trinajstić information content (AvgIpc) is 3.10. The zero-order valence-electron chi connectivity index (χ0n) is 19.5. The van der Waals surface area contributed by atoms with Crippen LogP contribution in [0.1, 0.15) is 35.3 Å². The van der Waals surface area contributed by atoms with E-state index < -0.39 is 5.82 Å². The monoisotopic (exact) mass is 472 g/mol. The fourth-order valence-electron chi connectivity index (χ4n) is 5.01. The number of aromatic nitrogens is 4. The Morgan fingerprint density at radius 3 is 2.89 bits per heavy atom. The standard InChI is InChI=1S/C25H25FN8O/c1-15-10-34-12-17(9-20(26)23(34)28-15)29-24(35)18-3-4-21(19-13-32(2)31-22(18)19)33-8-5-16(11-33)30-25(14-27)6-7-25/h3-4,9-10,12-13,16,30H,5-8,11H2,1-2H3,(H,29,35)/t16-/m0/s1. The van der Waals surface area contributed by atoms with Crippen LogP contribution in [0.4, 0.5) is 15.8 Å². The number of nitrogens with one attached hydrogen (secondary N) is 2. The summed E-state index contributed by atoms with van der Waals surface area (Å²) >= 11 is 0. The highest BCUT2D eigenvalue weighted by molar-refractivity contribution is 6.13. The van der Waals surface area contributed by atoms with Gasteiger partial charge in [0.1, 0.15) is 11.1 Å². The number of benzene rings is 1. The molecule has 10 heteroatoms. The normalized spacial score (nSPS) is 18.8. The molecule has 178 valence electrons. The second-order valence-corrected chi connectivity index (χ2v) is 9.61. The fourth-order valence-corrected chi connectivity index (χ4v) is 5.01. The van der Waals surface area contributed by atoms with Crippen LogP contribution in [0, 0.1) is 24.1 Å². The molecule has 2 fully saturated rings. The minimum atomic E-state index is -0.504. The molecule has 1 aliphatic carbocycles. The van der Waals surface area contributed by atoms with Crippen LogP contribution in [-0.4, -0.2) is 49.7 Å². The van der Waals surface area contributed by atoms with E-state index in [1.807, 2.05) is 19.3 Å². The highest BCUT2D eigenvalue weighted by Crippen LogP contribution is 2.37. The lowest BCUT2D eigenvalue weighted by Gasteiger charge is -2.21. The van der Waals surface area contributed by atoms with E-state index in [4.69, 9.17) is 0 Å². The summed E-state index contributed by atoms with van der Waals surface area (Å²) in [5.74, 6) is -0.864. The van der Waals surface area contributed by atoms with E-state index in [0.29, 0.717) is 22.5 Å². The highest BCUT2D eigenvalue weighted by Gasteiger charge is 2.45. The van der Waals surface area contributed by atoms with Gasteiger partial charge in [-0.3, -0.25) is 14.8 Å². The Bertz CT molecular complexity index is 1530. The maximum Gasteiger partial charge on any atom is 0.257 e. The number of carbonyl (C=O) groups is 1. The Morgan fingerprint density at radius 2 is 2.11 bits per heavy atom. The molecule has 4 heterocycles. The van der Waals surface area contributed by atoms with Gasteiger partial charge >= 0.3 is 0 Å². The van der Waals surface area contributed by atoms with Gasteiger partial charge in [0.25, 0.3) is 5.91 Å². The summed E-state index contributed by atoms with van der Waals surface area (Å²) in [5, 5.41) is 21.2. The van der Waals surface area contributed by atoms with E-state index in [1.54, 1.807) is 34.5 Å². The number of hydrogen-bond acceptors (Lipinski definition) is 6. The van der Waals surface area contributed by atoms with Crippen molar-refractivity contribution in [3.63, 3.8) is 0 Å². The van der Waals surface area contributed by atoms with Gasteiger partial charge in [-0.15, -0.1) is 0 Å². The number of hydrogen-bond donors (Lipinski definition) is 2. The molecule has 0 radical (unpaired) electrons. The van der Waals surface area contributed by atoms with Gasteiger partial charge in [0.15, 0.2) is 11.5 Å². The maximum absolute atomic E-state index is 14.5. The Hall–Kier alpha value is -3.97. The minimum Gasteiger partial charge on any atom is -0.369 e. The summed E-state index contributed by atoms with van der Waals surface area (Å²) in [5.41, 5.74) is 2.93. The lowest BCUT2D eigenvalue weighted by molar-refractivity contribution is 0.102. The molecule has 3 aromatic heterocycles. The predicted molar refractivity (Wildman–Crippen MR) is 130 cm³/mol. The summed E-state index contributed by atoms with van der Waals surface area (Å²) in [6, 6.07) is 7.65. The molecule has 35 heavy (non-hydrogen) atoms. The van der Waals surface area contributed by atoms with Crippen LogP contribution in [-0.2, 0) is 7.05 Å². The zero-order valence-corrected chi connectivity index (χ0v) is 19.5. The topological polar surface area (TPSA) is 103 Å². The van der Waals surface area contributed by atoms with Crippen molar-refractivity contribution in [1.82, 2.24) is 24.5 Å². The molecule has 4 aromatic rings. The van der Waals surface area contributed by atoms with Crippen molar-refractivity contribution in [3.05, 3.63) is 53.9 Å². The molecule has 1 aromatic carbocycles. The van der Waals surface area contributed by atoms with Gasteiger partial charge < -0.3 is 14.6 Å². The summed E-state index contributed by atoms with van der Waals surface area (Å²) in [6.07, 6.45) is 8.04. The van der Waals surface area contributed by atoms with E-state index in [2.05, 4.69) is 31.7 Å². The van der Waals surface area contributed by atoms with Crippen LogP contribution in [0.3, 0.4) is 0 Å². The lowest BCUT2D eigenvalue weighted by atomic mass is 10.1. The summed E-state index contributed by atoms with van der Waals surface area (Å²) < 4.78 is 17.7. The third-order valence-electron chi connectivity index (χ3n) is 6.87. The van der Waals surface area contributed by atoms with Crippen LogP contribution in [0.5, 0.6) is 0 Å². The molecule has 9 nitrogen and oxygen atoms in total. The van der Waals surface area contributed by atoms with Crippen molar-refractivity contribution >= 4 is 33.8 Å². The number of pyridine rings is 1. The largest absolute Gasteiger partial charge is 0.369 e. The minimum absolute atomic E-state index is 0.220. The van der Waals surface area contributed by atoms with Gasteiger partial charge in [-0.05, 0) is 38.3 Å². The number of carbonyl (C=O) groups excluding carboxylic acids is 1. The number of aryl methyl sites for hydroxylation is 2. The molecule has 1 aliphatic heterocycles. The molecule has 6 rings (SSSR count). The summed E-state index contributed by atoms with van der Waals surface area (Å²) in [7, 11) is 1.83. The van der Waals surface area contributed by atoms with Crippen molar-refractivity contribution in [2.24, 2.45) is 7.05 Å². The molecule has 1 amide bonds. The number of anilines is 2. The number of nitrogens with zero attached hydrogens (tertiary/aromatic N) is 6. The van der Waals surface area contributed by atoms with Gasteiger partial charge in [-0.2, -0.15) is 10.4 Å². The molecule has 0 unspecified atom stereocenters. The number of amides is 1. The molecule has 0 bridgehead atoms. The molecule has 2 aliphatic rings. The van der Waals surface area contributed by atoms with Crippen LogP contribution in [0.2, 0.25) is 0 Å². The van der Waals surface area contributed by atoms with Gasteiger partial charge in [0.05, 0.1) is 23.0 Å². The first kappa shape index (κ1) is 21.6. The van der Waals surface area contributed by atoms with Gasteiger partial charge in [-0.1, -0.05) is 0 Å². The molecule has 1 atom stereocenters. The van der Waals surface area contributed by atoms with E-state index in [0.717, 1.165) is 43.4 Å². The Balaban J connectivity index is 1.27. The Kier molecular flexibility index (Phi) is 4.79. The SMILES string of the molecule is Cc1cn2cc(NC(=O)c3ccc(N4CC[C@H](NC5(C#N)CC5)C4)c4cn(C)nc34)cc(F)c2n1. The van der Waals surface area contributed by atoms with E-state index in [9.17, 15) is 14.4 Å². The highest BCUT2D eigenvalue weighted by atomic mass is 19.1. The quantitative estimate of drug-likeness (QED) is 0.463. The lowest BCUT2D eigenvalue weighted by Crippen LogP contribution is -2.41. The van der Waals surface area contributed by atoms with Gasteiger partial charge in [-0.25, -0.2) is 9.37 Å². The van der Waals surface area contributed by atoms with Crippen molar-refractivity contribution in [1.29, 1.82) is 5.26 Å². The number of rotatable bonds is 5. The zero-order chi connectivity index (χ0) is 24.3. The first-order valence-corrected chi connectivity index (χ1v) is 11.7. The van der Waals surface area contributed by atoms with Crippen LogP contribution in [0.25, 0.3) is 16.6 Å². The van der Waals surface area contributed by atoms with Crippen molar-refractivity contribution < 1.29 is 9.18 Å². The summed E-state index contributed by atoms with van der Waals surface area (Å²) in [6.45, 7) is 3.44. The number of nitriles is 1. The molecule has 1 saturated heterocycles. The fraction of sp³-hybridized carbons (Fsp3) is 0.360. The summed E-state index contributed by atoms with van der Waals surface area (Å²) in [4.78, 5) is 19.6. The molecule has 1 saturated carbocycles. The van der Waals surface area contributed by atoms with Crippen LogP contribution >= 0.6 is 0 Å². The Labute approximate surface area is 201 Å². The van der Waals surface area contributed by atoms with E-state index in [1.165, 1.54) is 6.07 Å². The third kappa shape index (κ3) is 3.78. The number of fused-ring (bicyclic) bond motifs is 2. The number of halogens is 1. The van der Waals surface area contributed by atoms with Crippen LogP contribution in [0.15, 0.2) is 36.8 Å². The van der Waals surface area contributed by atoms with Gasteiger partial charge in [0, 0.05) is 61.9 Å². The first-order chi connectivity index (χ1) is 16.8. The molecular formula is C25H25FN8O. The van der Waals surface area contributed by atoms with E-state index in [-0.39, 0.29) is 23.1 Å². The van der Waals surface area contributed by atoms with Crippen molar-refractivity contribution in [2.45, 2.75) is 37.8 Å². The van der Waals surface area contributed by atoms with Crippen LogP contribution < -0.4 is 15.5 Å². The first-order valence-electron chi connectivity index (χ1n) is 11.7. The predicted octanol–water partition coefficient (Wildman–Crippen LogP) is 3.15. The van der Waals surface area contributed by atoms with Crippen molar-refractivity contribution in [2.75, 3.05) is 23.3 Å². The second-order valence-electron chi connectivity index (χ2n) is 9.61. The smallest absolute Gasteiger partial charge is 0.257 e. The Morgan fingerprint density at radius 1 is 1.29 bits per heavy atom. The molecular weight excluding hydrogens is 447 g/mol. The maximum atomic E-state index is 14.5. The third-order valence-corrected chi connectivity index (χ3v) is 6.87. The van der Waals surface area contributed by atoms with Gasteiger partial charge in [0.2, 0.25) is 0 Å². The van der Waals surface area contributed by atoms with E-state index >= 15 is 0 Å². The number of imidazole rings is 1. The second kappa shape index (κ2) is 7.78. The average molecular weight is 473 g/mol. The molecule has 0 spiro atoms. The van der Waals surface area contributed by atoms with Crippen molar-refractivity contribution in [3.8, 4) is 6.07 Å². The molecule has 2 N–H and O–H groups in total.